The van der Waals surface area contributed by atoms with E-state index in [0.717, 1.165) is 16.5 Å². The number of benzene rings is 1. The summed E-state index contributed by atoms with van der Waals surface area (Å²) in [5, 5.41) is 0.827. The number of hydrogen-bond donors (Lipinski definition) is 2. The molecule has 1 aromatic heterocycles. The first-order chi connectivity index (χ1) is 9.35. The first-order valence-corrected chi connectivity index (χ1v) is 8.12. The number of sulfone groups is 1. The van der Waals surface area contributed by atoms with Gasteiger partial charge in [0.1, 0.15) is 0 Å². The number of nitrogens with two attached hydrogens (primary N) is 1. The van der Waals surface area contributed by atoms with Crippen LogP contribution in [0.4, 0.5) is 0 Å². The Labute approximate surface area is 118 Å². The lowest BCUT2D eigenvalue weighted by Gasteiger charge is -2.06. The van der Waals surface area contributed by atoms with Crippen molar-refractivity contribution in [3.8, 4) is 0 Å². The lowest BCUT2D eigenvalue weighted by molar-refractivity contribution is -0.121. The number of amides is 1. The molecule has 1 heterocycles. The lowest BCUT2D eigenvalue weighted by Crippen LogP contribution is -2.22. The van der Waals surface area contributed by atoms with Crippen LogP contribution in [0, 0.1) is 5.92 Å². The van der Waals surface area contributed by atoms with E-state index in [4.69, 9.17) is 5.73 Å². The Morgan fingerprint density at radius 2 is 2.10 bits per heavy atom. The minimum absolute atomic E-state index is 0.0654. The minimum atomic E-state index is -3.23. The van der Waals surface area contributed by atoms with E-state index in [2.05, 4.69) is 4.98 Å². The van der Waals surface area contributed by atoms with Crippen molar-refractivity contribution in [2.24, 2.45) is 11.7 Å². The molecule has 1 atom stereocenters. The third-order valence-electron chi connectivity index (χ3n) is 3.49. The fourth-order valence-electron chi connectivity index (χ4n) is 2.12. The number of fused-ring (bicyclic) bond motifs is 1. The van der Waals surface area contributed by atoms with Crippen molar-refractivity contribution in [2.45, 2.75) is 25.2 Å². The predicted molar refractivity (Wildman–Crippen MR) is 78.1 cm³/mol. The van der Waals surface area contributed by atoms with E-state index in [1.54, 1.807) is 38.2 Å². The molecule has 1 amide bonds. The van der Waals surface area contributed by atoms with Gasteiger partial charge in [-0.3, -0.25) is 4.79 Å². The molecule has 0 fully saturated rings. The van der Waals surface area contributed by atoms with Crippen molar-refractivity contribution in [2.75, 3.05) is 5.75 Å². The number of aromatic amines is 1. The molecule has 0 aliphatic carbocycles. The van der Waals surface area contributed by atoms with E-state index >= 15 is 0 Å². The van der Waals surface area contributed by atoms with E-state index in [0.29, 0.717) is 11.3 Å². The highest BCUT2D eigenvalue weighted by Crippen LogP contribution is 2.24. The van der Waals surface area contributed by atoms with Gasteiger partial charge in [-0.1, -0.05) is 13.8 Å². The lowest BCUT2D eigenvalue weighted by atomic mass is 10.0. The van der Waals surface area contributed by atoms with Gasteiger partial charge in [0, 0.05) is 23.0 Å². The smallest absolute Gasteiger partial charge is 0.220 e. The van der Waals surface area contributed by atoms with Crippen molar-refractivity contribution in [3.63, 3.8) is 0 Å². The first-order valence-electron chi connectivity index (χ1n) is 6.47. The van der Waals surface area contributed by atoms with Crippen LogP contribution in [0.25, 0.3) is 10.9 Å². The van der Waals surface area contributed by atoms with Crippen molar-refractivity contribution >= 4 is 26.6 Å². The second kappa shape index (κ2) is 5.28. The standard InChI is InChI=1S/C14H18N2O3S/c1-3-20(18,19)11-4-5-13-12(7-11)10(8-16-13)6-9(2)14(15)17/h4-5,7-9,16H,3,6H2,1-2H3,(H2,15,17). The molecule has 0 bridgehead atoms. The van der Waals surface area contributed by atoms with Gasteiger partial charge in [-0.15, -0.1) is 0 Å². The highest BCUT2D eigenvalue weighted by molar-refractivity contribution is 7.91. The molecule has 0 aliphatic rings. The zero-order valence-corrected chi connectivity index (χ0v) is 12.3. The Balaban J connectivity index is 2.48. The van der Waals surface area contributed by atoms with Crippen LogP contribution in [0.2, 0.25) is 0 Å². The molecule has 0 saturated heterocycles. The third-order valence-corrected chi connectivity index (χ3v) is 5.22. The van der Waals surface area contributed by atoms with Crippen molar-refractivity contribution in [1.82, 2.24) is 4.98 Å². The van der Waals surface area contributed by atoms with Crippen LogP contribution in [-0.4, -0.2) is 25.1 Å². The van der Waals surface area contributed by atoms with E-state index < -0.39 is 9.84 Å². The second-order valence-electron chi connectivity index (χ2n) is 4.93. The molecule has 2 rings (SSSR count). The topological polar surface area (TPSA) is 93.0 Å². The summed E-state index contributed by atoms with van der Waals surface area (Å²) in [5.41, 5.74) is 7.03. The molecular formula is C14H18N2O3S. The summed E-state index contributed by atoms with van der Waals surface area (Å²) in [6.07, 6.45) is 2.29. The largest absolute Gasteiger partial charge is 0.369 e. The van der Waals surface area contributed by atoms with E-state index in [9.17, 15) is 13.2 Å². The molecule has 2 aromatic rings. The molecule has 5 nitrogen and oxygen atoms in total. The zero-order valence-electron chi connectivity index (χ0n) is 11.5. The number of primary amides is 1. The number of nitrogens with one attached hydrogen (secondary N) is 1. The number of hydrogen-bond acceptors (Lipinski definition) is 3. The number of rotatable bonds is 5. The molecular weight excluding hydrogens is 276 g/mol. The molecule has 0 spiro atoms. The Bertz CT molecular complexity index is 747. The monoisotopic (exact) mass is 294 g/mol. The fourth-order valence-corrected chi connectivity index (χ4v) is 3.02. The van der Waals surface area contributed by atoms with Crippen molar-refractivity contribution in [1.29, 1.82) is 0 Å². The van der Waals surface area contributed by atoms with Crippen LogP contribution in [0.5, 0.6) is 0 Å². The summed E-state index contributed by atoms with van der Waals surface area (Å²) >= 11 is 0. The normalized spacial score (nSPS) is 13.5. The maximum absolute atomic E-state index is 11.9. The number of aromatic nitrogens is 1. The van der Waals surface area contributed by atoms with E-state index in [1.807, 2.05) is 0 Å². The molecule has 108 valence electrons. The summed E-state index contributed by atoms with van der Waals surface area (Å²) in [5.74, 6) is -0.590. The zero-order chi connectivity index (χ0) is 14.9. The minimum Gasteiger partial charge on any atom is -0.369 e. The average molecular weight is 294 g/mol. The Morgan fingerprint density at radius 3 is 2.70 bits per heavy atom. The molecule has 20 heavy (non-hydrogen) atoms. The van der Waals surface area contributed by atoms with Gasteiger partial charge in [0.25, 0.3) is 0 Å². The quantitative estimate of drug-likeness (QED) is 0.877. The molecule has 1 unspecified atom stereocenters. The molecule has 1 aromatic carbocycles. The van der Waals surface area contributed by atoms with Gasteiger partial charge in [0.15, 0.2) is 9.84 Å². The molecule has 0 aliphatic heterocycles. The molecule has 6 heteroatoms. The number of carbonyl (C=O) groups is 1. The van der Waals surface area contributed by atoms with Crippen molar-refractivity contribution in [3.05, 3.63) is 30.0 Å². The van der Waals surface area contributed by atoms with Gasteiger partial charge >= 0.3 is 0 Å². The maximum Gasteiger partial charge on any atom is 0.220 e. The predicted octanol–water partition coefficient (Wildman–Crippen LogP) is 1.63. The highest BCUT2D eigenvalue weighted by Gasteiger charge is 2.16. The highest BCUT2D eigenvalue weighted by atomic mass is 32.2. The summed E-state index contributed by atoms with van der Waals surface area (Å²) in [6.45, 7) is 3.38. The summed E-state index contributed by atoms with van der Waals surface area (Å²) in [7, 11) is -3.23. The summed E-state index contributed by atoms with van der Waals surface area (Å²) in [6, 6.07) is 5.00. The van der Waals surface area contributed by atoms with Gasteiger partial charge in [0.2, 0.25) is 5.91 Å². The number of carbonyl (C=O) groups excluding carboxylic acids is 1. The maximum atomic E-state index is 11.9. The van der Waals surface area contributed by atoms with E-state index in [-0.39, 0.29) is 17.6 Å². The van der Waals surface area contributed by atoms with Crippen LogP contribution in [0.15, 0.2) is 29.3 Å². The van der Waals surface area contributed by atoms with Gasteiger partial charge in [-0.05, 0) is 30.2 Å². The summed E-state index contributed by atoms with van der Waals surface area (Å²) in [4.78, 5) is 14.5. The molecule has 0 radical (unpaired) electrons. The molecule has 3 N–H and O–H groups in total. The van der Waals surface area contributed by atoms with Crippen molar-refractivity contribution < 1.29 is 13.2 Å². The van der Waals surface area contributed by atoms with Gasteiger partial charge in [0.05, 0.1) is 10.6 Å². The van der Waals surface area contributed by atoms with Crippen LogP contribution in [0.3, 0.4) is 0 Å². The van der Waals surface area contributed by atoms with Gasteiger partial charge in [-0.25, -0.2) is 8.42 Å². The van der Waals surface area contributed by atoms with Gasteiger partial charge < -0.3 is 10.7 Å². The fraction of sp³-hybridized carbons (Fsp3) is 0.357. The Morgan fingerprint density at radius 1 is 1.40 bits per heavy atom. The molecule has 0 saturated carbocycles. The summed E-state index contributed by atoms with van der Waals surface area (Å²) < 4.78 is 23.8. The van der Waals surface area contributed by atoms with Crippen LogP contribution >= 0.6 is 0 Å². The van der Waals surface area contributed by atoms with Crippen LogP contribution < -0.4 is 5.73 Å². The Hall–Kier alpha value is -1.82. The third kappa shape index (κ3) is 2.70. The SMILES string of the molecule is CCS(=O)(=O)c1ccc2[nH]cc(CC(C)C(N)=O)c2c1. The second-order valence-corrected chi connectivity index (χ2v) is 7.21. The van der Waals surface area contributed by atoms with Crippen LogP contribution in [0.1, 0.15) is 19.4 Å². The average Bonchev–Trinajstić information content (AvgIpc) is 2.81. The number of H-pyrrole nitrogens is 1. The Kier molecular flexibility index (Phi) is 3.85. The van der Waals surface area contributed by atoms with E-state index in [1.165, 1.54) is 0 Å². The van der Waals surface area contributed by atoms with Gasteiger partial charge in [-0.2, -0.15) is 0 Å². The van der Waals surface area contributed by atoms with Crippen LogP contribution in [-0.2, 0) is 21.1 Å². The first kappa shape index (κ1) is 14.6.